The van der Waals surface area contributed by atoms with Crippen LogP contribution in [0.5, 0.6) is 0 Å². The van der Waals surface area contributed by atoms with Crippen LogP contribution in [0.15, 0.2) is 0 Å². The fraction of sp³-hybridized carbons (Fsp3) is 0.833. The molecule has 0 amide bonds. The topological polar surface area (TPSA) is 63.3 Å². The van der Waals surface area contributed by atoms with Crippen LogP contribution >= 0.6 is 0 Å². The fourth-order valence-corrected chi connectivity index (χ4v) is 0.176. The SMILES string of the molecule is [2H]C([2H])([2H])C([2H])([2H])C([2H])([2H])C([2H])([2H])C(N)C(=O)O. The van der Waals surface area contributed by atoms with Gasteiger partial charge in [-0.1, -0.05) is 19.6 Å². The van der Waals surface area contributed by atoms with Crippen LogP contribution in [0.3, 0.4) is 0 Å². The first-order valence-corrected chi connectivity index (χ1v) is 2.09. The van der Waals surface area contributed by atoms with Gasteiger partial charge in [-0.25, -0.2) is 0 Å². The van der Waals surface area contributed by atoms with Crippen molar-refractivity contribution in [3.8, 4) is 0 Å². The van der Waals surface area contributed by atoms with Crippen LogP contribution < -0.4 is 5.73 Å². The lowest BCUT2D eigenvalue weighted by atomic mass is 10.1. The highest BCUT2D eigenvalue weighted by Crippen LogP contribution is 1.96. The third kappa shape index (κ3) is 3.97. The van der Waals surface area contributed by atoms with E-state index in [0.29, 0.717) is 0 Å². The van der Waals surface area contributed by atoms with Gasteiger partial charge >= 0.3 is 5.97 Å². The lowest BCUT2D eigenvalue weighted by molar-refractivity contribution is -0.138. The van der Waals surface area contributed by atoms with Crippen LogP contribution in [0, 0.1) is 0 Å². The lowest BCUT2D eigenvalue weighted by Gasteiger charge is -2.02. The molecule has 0 aromatic heterocycles. The zero-order valence-electron chi connectivity index (χ0n) is 13.5. The predicted octanol–water partition coefficient (Wildman–Crippen LogP) is 0.588. The Labute approximate surface area is 67.5 Å². The quantitative estimate of drug-likeness (QED) is 0.600. The second-order valence-electron chi connectivity index (χ2n) is 1.21. The molecule has 0 fully saturated rings. The van der Waals surface area contributed by atoms with E-state index >= 15 is 0 Å². The minimum atomic E-state index is -3.62. The van der Waals surface area contributed by atoms with Crippen molar-refractivity contribution < 1.29 is 22.2 Å². The number of hydrogen-bond donors (Lipinski definition) is 2. The maximum Gasteiger partial charge on any atom is 0.320 e. The second kappa shape index (κ2) is 4.32. The largest absolute Gasteiger partial charge is 0.480 e. The monoisotopic (exact) mass is 140 g/mol. The van der Waals surface area contributed by atoms with Gasteiger partial charge in [-0.3, -0.25) is 4.79 Å². The third-order valence-electron chi connectivity index (χ3n) is 0.556. The van der Waals surface area contributed by atoms with Gasteiger partial charge in [0, 0.05) is 12.3 Å². The second-order valence-corrected chi connectivity index (χ2v) is 1.21. The van der Waals surface area contributed by atoms with Gasteiger partial charge in [0.1, 0.15) is 6.04 Å². The summed E-state index contributed by atoms with van der Waals surface area (Å²) in [5.41, 5.74) is 4.96. The van der Waals surface area contributed by atoms with Gasteiger partial charge in [-0.2, -0.15) is 0 Å². The molecule has 0 aliphatic heterocycles. The van der Waals surface area contributed by atoms with Gasteiger partial charge in [-0.15, -0.1) is 0 Å². The molecule has 0 spiro atoms. The highest BCUT2D eigenvalue weighted by atomic mass is 16.4. The maximum atomic E-state index is 10.6. The Bertz CT molecular complexity index is 336. The van der Waals surface area contributed by atoms with Crippen molar-refractivity contribution in [3.05, 3.63) is 0 Å². The van der Waals surface area contributed by atoms with Crippen LogP contribution in [0.2, 0.25) is 0 Å². The van der Waals surface area contributed by atoms with Crippen LogP contribution in [0.1, 0.15) is 38.3 Å². The number of carbonyl (C=O) groups is 1. The smallest absolute Gasteiger partial charge is 0.320 e. The average Bonchev–Trinajstić information content (AvgIpc) is 2.13. The van der Waals surface area contributed by atoms with Crippen LogP contribution in [0.4, 0.5) is 0 Å². The van der Waals surface area contributed by atoms with Crippen LogP contribution in [-0.4, -0.2) is 17.1 Å². The molecule has 0 aromatic carbocycles. The zero-order valence-corrected chi connectivity index (χ0v) is 4.51. The summed E-state index contributed by atoms with van der Waals surface area (Å²) in [5, 5.41) is 8.55. The van der Waals surface area contributed by atoms with E-state index in [1.165, 1.54) is 0 Å². The van der Waals surface area contributed by atoms with Crippen LogP contribution in [0.25, 0.3) is 0 Å². The molecular formula is C6H13NO2. The number of carboxylic acids is 1. The number of aliphatic carboxylic acids is 1. The molecule has 3 nitrogen and oxygen atoms in total. The maximum absolute atomic E-state index is 10.6. The summed E-state index contributed by atoms with van der Waals surface area (Å²) < 4.78 is 64.3. The van der Waals surface area contributed by atoms with Crippen molar-refractivity contribution in [1.82, 2.24) is 0 Å². The Morgan fingerprint density at radius 3 is 3.22 bits per heavy atom. The molecule has 0 bridgehead atoms. The summed E-state index contributed by atoms with van der Waals surface area (Å²) in [6.45, 7) is -3.47. The predicted molar refractivity (Wildman–Crippen MR) is 35.1 cm³/mol. The van der Waals surface area contributed by atoms with Crippen molar-refractivity contribution in [2.24, 2.45) is 5.73 Å². The molecule has 0 aliphatic carbocycles. The van der Waals surface area contributed by atoms with E-state index < -0.39 is 38.0 Å². The number of hydrogen-bond acceptors (Lipinski definition) is 2. The molecule has 0 heterocycles. The summed E-state index contributed by atoms with van der Waals surface area (Å²) >= 11 is 0. The van der Waals surface area contributed by atoms with E-state index in [0.717, 1.165) is 0 Å². The van der Waals surface area contributed by atoms with E-state index in [1.54, 1.807) is 0 Å². The molecule has 0 aliphatic rings. The van der Waals surface area contributed by atoms with Crippen molar-refractivity contribution in [2.75, 3.05) is 0 Å². The first-order valence-electron chi connectivity index (χ1n) is 6.59. The van der Waals surface area contributed by atoms with Crippen molar-refractivity contribution in [1.29, 1.82) is 0 Å². The van der Waals surface area contributed by atoms with E-state index in [4.69, 9.17) is 23.2 Å². The third-order valence-corrected chi connectivity index (χ3v) is 0.556. The highest BCUT2D eigenvalue weighted by molar-refractivity contribution is 5.72. The molecule has 0 aromatic rings. The Morgan fingerprint density at radius 1 is 2.11 bits per heavy atom. The van der Waals surface area contributed by atoms with Crippen molar-refractivity contribution in [3.63, 3.8) is 0 Å². The lowest BCUT2D eigenvalue weighted by Crippen LogP contribution is -2.29. The molecule has 54 valence electrons. The molecule has 0 saturated heterocycles. The Morgan fingerprint density at radius 2 is 2.78 bits per heavy atom. The van der Waals surface area contributed by atoms with Gasteiger partial charge in [0.05, 0.1) is 0 Å². The molecule has 0 radical (unpaired) electrons. The Hall–Kier alpha value is -0.570. The minimum Gasteiger partial charge on any atom is -0.480 e. The molecule has 3 N–H and O–H groups in total. The normalized spacial score (nSPS) is 34.1. The molecule has 1 unspecified atom stereocenters. The zero-order chi connectivity index (χ0) is 15.2. The molecule has 3 heteroatoms. The summed E-state index contributed by atoms with van der Waals surface area (Å²) in [6.07, 6.45) is -10.6. The molecule has 0 rings (SSSR count). The van der Waals surface area contributed by atoms with Gasteiger partial charge < -0.3 is 10.8 Å². The van der Waals surface area contributed by atoms with Crippen molar-refractivity contribution in [2.45, 2.75) is 32.0 Å². The standard InChI is InChI=1S/C6H13NO2/c1-2-3-4-5(7)6(8)9/h5H,2-4,7H2,1H3,(H,8,9)/i1D3,2D2,3D2,4D2. The first kappa shape index (κ1) is 1.72. The summed E-state index contributed by atoms with van der Waals surface area (Å²) in [5.74, 6) is -1.90. The highest BCUT2D eigenvalue weighted by Gasteiger charge is 2.08. The summed E-state index contributed by atoms with van der Waals surface area (Å²) in [7, 11) is 0. The average molecular weight is 140 g/mol. The number of carboxylic acid groups (broad SMARTS) is 1. The number of nitrogens with two attached hydrogens (primary N) is 1. The molecule has 9 heavy (non-hydrogen) atoms. The summed E-state index contributed by atoms with van der Waals surface area (Å²) in [6, 6.07) is -2.40. The minimum absolute atomic E-state index is 1.90. The van der Waals surface area contributed by atoms with E-state index in [2.05, 4.69) is 0 Å². The summed E-state index contributed by atoms with van der Waals surface area (Å²) in [4.78, 5) is 10.6. The van der Waals surface area contributed by atoms with Crippen LogP contribution in [-0.2, 0) is 4.79 Å². The van der Waals surface area contributed by atoms with E-state index in [-0.39, 0.29) is 0 Å². The van der Waals surface area contributed by atoms with Gasteiger partial charge in [-0.05, 0) is 6.37 Å². The van der Waals surface area contributed by atoms with E-state index in [1.807, 2.05) is 0 Å². The molecular weight excluding hydrogens is 118 g/mol. The van der Waals surface area contributed by atoms with E-state index in [9.17, 15) is 4.79 Å². The Balaban J connectivity index is 5.71. The molecule has 1 atom stereocenters. The molecule has 0 saturated carbocycles. The van der Waals surface area contributed by atoms with Crippen molar-refractivity contribution >= 4 is 5.97 Å². The van der Waals surface area contributed by atoms with Gasteiger partial charge in [0.15, 0.2) is 0 Å². The fourth-order valence-electron chi connectivity index (χ4n) is 0.176. The number of rotatable bonds is 4. The van der Waals surface area contributed by atoms with Gasteiger partial charge in [0.2, 0.25) is 0 Å². The van der Waals surface area contributed by atoms with Gasteiger partial charge in [0.25, 0.3) is 0 Å². The Kier molecular flexibility index (Phi) is 0.828. The first-order chi connectivity index (χ1) is 7.60.